The number of morpholine rings is 1. The van der Waals surface area contributed by atoms with Gasteiger partial charge in [-0.25, -0.2) is 4.98 Å². The smallest absolute Gasteiger partial charge is 0.206 e. The van der Waals surface area contributed by atoms with Crippen molar-refractivity contribution in [1.82, 2.24) is 25.4 Å². The number of fused-ring (bicyclic) bond motifs is 5. The molecule has 6 rings (SSSR count). The monoisotopic (exact) mass is 439 g/mol. The van der Waals surface area contributed by atoms with E-state index in [1.807, 2.05) is 0 Å². The Morgan fingerprint density at radius 3 is 2.97 bits per heavy atom. The van der Waals surface area contributed by atoms with Gasteiger partial charge in [-0.15, -0.1) is 0 Å². The molecule has 0 saturated carbocycles. The summed E-state index contributed by atoms with van der Waals surface area (Å²) in [5, 5.41) is 8.20. The highest BCUT2D eigenvalue weighted by molar-refractivity contribution is 6.38. The number of nitrogens with one attached hydrogen (secondary N) is 1. The Labute approximate surface area is 183 Å². The first-order valence-electron chi connectivity index (χ1n) is 10.5. The van der Waals surface area contributed by atoms with Gasteiger partial charge in [0.05, 0.1) is 42.5 Å². The Morgan fingerprint density at radius 2 is 2.19 bits per heavy atom. The van der Waals surface area contributed by atoms with Gasteiger partial charge in [0.2, 0.25) is 5.58 Å². The Morgan fingerprint density at radius 1 is 1.29 bits per heavy atom. The van der Waals surface area contributed by atoms with Gasteiger partial charge in [-0.2, -0.15) is 0 Å². The Hall–Kier alpha value is -2.62. The van der Waals surface area contributed by atoms with Crippen molar-refractivity contribution in [3.8, 4) is 11.4 Å². The summed E-state index contributed by atoms with van der Waals surface area (Å²) in [5.41, 5.74) is 3.81. The quantitative estimate of drug-likeness (QED) is 0.617. The lowest BCUT2D eigenvalue weighted by atomic mass is 9.70. The molecule has 1 unspecified atom stereocenters. The van der Waals surface area contributed by atoms with Crippen molar-refractivity contribution in [3.63, 3.8) is 0 Å². The van der Waals surface area contributed by atoms with E-state index in [-0.39, 0.29) is 23.7 Å². The number of nitrogens with zero attached hydrogens (tertiary/aromatic N) is 6. The summed E-state index contributed by atoms with van der Waals surface area (Å²) in [6.07, 6.45) is 7.76. The van der Waals surface area contributed by atoms with Crippen LogP contribution in [-0.4, -0.2) is 64.3 Å². The molecule has 0 aromatic carbocycles. The van der Waals surface area contributed by atoms with E-state index in [4.69, 9.17) is 25.8 Å². The van der Waals surface area contributed by atoms with Crippen LogP contribution in [0.25, 0.3) is 22.5 Å². The highest BCUT2D eigenvalue weighted by atomic mass is 35.5. The van der Waals surface area contributed by atoms with Gasteiger partial charge in [0.1, 0.15) is 16.2 Å². The fraction of sp³-hybridized carbons (Fsp3) is 0.476. The summed E-state index contributed by atoms with van der Waals surface area (Å²) in [7, 11) is 0. The van der Waals surface area contributed by atoms with Crippen LogP contribution in [0, 0.1) is 5.41 Å². The van der Waals surface area contributed by atoms with E-state index in [1.54, 1.807) is 18.6 Å². The molecule has 31 heavy (non-hydrogen) atoms. The van der Waals surface area contributed by atoms with Gasteiger partial charge in [0.15, 0.2) is 5.69 Å². The van der Waals surface area contributed by atoms with Gasteiger partial charge in [-0.05, 0) is 13.8 Å². The van der Waals surface area contributed by atoms with E-state index in [0.717, 1.165) is 24.5 Å². The van der Waals surface area contributed by atoms with Crippen molar-refractivity contribution in [1.29, 1.82) is 0 Å². The van der Waals surface area contributed by atoms with Crippen molar-refractivity contribution in [2.24, 2.45) is 10.4 Å². The topological polar surface area (TPSA) is 102 Å². The van der Waals surface area contributed by atoms with Crippen LogP contribution in [0.1, 0.15) is 19.5 Å². The standard InChI is InChI=1S/C21H22ClN7O2/c1-11-7-29-18-13(5-21(8-24-10-25-9-21)20(29)12(2)30-11)27-17-16(14-6-23-3-4-26-14)28-31-19(17)15(18)22/h3-4,6,8,11-12,20,25H,5,7,9-10H2,1-2H3/t11-,12+,20-,21?/m1/s1. The van der Waals surface area contributed by atoms with Gasteiger partial charge in [0, 0.05) is 43.5 Å². The number of halogens is 1. The van der Waals surface area contributed by atoms with Crippen LogP contribution in [0.3, 0.4) is 0 Å². The van der Waals surface area contributed by atoms with E-state index >= 15 is 0 Å². The molecule has 10 heteroatoms. The van der Waals surface area contributed by atoms with E-state index in [0.29, 0.717) is 40.6 Å². The third kappa shape index (κ3) is 2.80. The molecule has 0 amide bonds. The van der Waals surface area contributed by atoms with Gasteiger partial charge in [0.25, 0.3) is 0 Å². The van der Waals surface area contributed by atoms with E-state index < -0.39 is 0 Å². The normalized spacial score (nSPS) is 29.9. The molecule has 1 fully saturated rings. The largest absolute Gasteiger partial charge is 0.372 e. The molecule has 1 N–H and O–H groups in total. The van der Waals surface area contributed by atoms with Crippen LogP contribution in [0.15, 0.2) is 28.1 Å². The predicted molar refractivity (Wildman–Crippen MR) is 116 cm³/mol. The molecule has 3 aromatic rings. The summed E-state index contributed by atoms with van der Waals surface area (Å²) in [4.78, 5) is 20.4. The average molecular weight is 440 g/mol. The maximum atomic E-state index is 6.96. The van der Waals surface area contributed by atoms with Gasteiger partial charge < -0.3 is 14.2 Å². The molecule has 0 aliphatic carbocycles. The maximum absolute atomic E-state index is 6.96. The first kappa shape index (κ1) is 19.1. The first-order chi connectivity index (χ1) is 15.1. The number of aromatic nitrogens is 4. The molecule has 3 aromatic heterocycles. The van der Waals surface area contributed by atoms with E-state index in [1.165, 1.54) is 0 Å². The molecule has 0 bridgehead atoms. The summed E-state index contributed by atoms with van der Waals surface area (Å²) in [6.45, 7) is 6.36. The number of anilines is 1. The van der Waals surface area contributed by atoms with Crippen LogP contribution in [0.4, 0.5) is 5.69 Å². The Bertz CT molecular complexity index is 1180. The zero-order valence-electron chi connectivity index (χ0n) is 17.2. The molecule has 9 nitrogen and oxygen atoms in total. The second-order valence-corrected chi connectivity index (χ2v) is 8.95. The molecular formula is C21H22ClN7O2. The zero-order valence-corrected chi connectivity index (χ0v) is 18.0. The minimum absolute atomic E-state index is 0.0138. The SMILES string of the molecule is C[C@@H]1CN2c3c(nc4c(-c5cnccn5)noc4c3Cl)CC3(C=NCNC3)[C@H]2[C@H](C)O1. The maximum Gasteiger partial charge on any atom is 0.206 e. The molecule has 4 atom stereocenters. The van der Waals surface area contributed by atoms with Crippen LogP contribution >= 0.6 is 11.6 Å². The van der Waals surface area contributed by atoms with Crippen molar-refractivity contribution >= 4 is 34.6 Å². The molecule has 1 spiro atoms. The minimum atomic E-state index is -0.237. The van der Waals surface area contributed by atoms with Gasteiger partial charge in [-0.3, -0.25) is 20.3 Å². The summed E-state index contributed by atoms with van der Waals surface area (Å²) in [6, 6.07) is 0.0897. The lowest BCUT2D eigenvalue weighted by molar-refractivity contribution is -0.0522. The lowest BCUT2D eigenvalue weighted by Crippen LogP contribution is -2.67. The number of pyridine rings is 1. The Balaban J connectivity index is 1.58. The first-order valence-corrected chi connectivity index (χ1v) is 10.8. The number of hydrogen-bond donors (Lipinski definition) is 1. The van der Waals surface area contributed by atoms with Gasteiger partial charge in [-0.1, -0.05) is 16.8 Å². The van der Waals surface area contributed by atoms with E-state index in [9.17, 15) is 0 Å². The number of hydrogen-bond acceptors (Lipinski definition) is 9. The molecular weight excluding hydrogens is 418 g/mol. The molecule has 6 heterocycles. The highest BCUT2D eigenvalue weighted by Gasteiger charge is 2.53. The van der Waals surface area contributed by atoms with Crippen LogP contribution in [0.5, 0.6) is 0 Å². The lowest BCUT2D eigenvalue weighted by Gasteiger charge is -2.55. The average Bonchev–Trinajstić information content (AvgIpc) is 3.18. The fourth-order valence-electron chi connectivity index (χ4n) is 5.43. The number of rotatable bonds is 1. The predicted octanol–water partition coefficient (Wildman–Crippen LogP) is 2.49. The van der Waals surface area contributed by atoms with Crippen molar-refractivity contribution < 1.29 is 9.26 Å². The van der Waals surface area contributed by atoms with Crippen LogP contribution in [-0.2, 0) is 11.2 Å². The zero-order chi connectivity index (χ0) is 21.2. The Kier molecular flexibility index (Phi) is 4.28. The summed E-state index contributed by atoms with van der Waals surface area (Å²) in [5.74, 6) is 0. The van der Waals surface area contributed by atoms with Gasteiger partial charge >= 0.3 is 0 Å². The third-order valence-corrected chi connectivity index (χ3v) is 6.81. The second-order valence-electron chi connectivity index (χ2n) is 8.58. The summed E-state index contributed by atoms with van der Waals surface area (Å²) >= 11 is 6.96. The molecule has 1 saturated heterocycles. The number of ether oxygens (including phenoxy) is 1. The van der Waals surface area contributed by atoms with Crippen LogP contribution in [0.2, 0.25) is 5.02 Å². The van der Waals surface area contributed by atoms with Crippen molar-refractivity contribution in [3.05, 3.63) is 29.3 Å². The number of aliphatic imine (C=N–C) groups is 1. The van der Waals surface area contributed by atoms with Crippen molar-refractivity contribution in [2.45, 2.75) is 38.5 Å². The second kappa shape index (κ2) is 6.94. The van der Waals surface area contributed by atoms with Crippen LogP contribution < -0.4 is 10.2 Å². The highest BCUT2D eigenvalue weighted by Crippen LogP contribution is 2.49. The molecule has 160 valence electrons. The molecule has 3 aliphatic heterocycles. The molecule has 0 radical (unpaired) electrons. The van der Waals surface area contributed by atoms with E-state index in [2.05, 4.69) is 50.4 Å². The molecule has 3 aliphatic rings. The third-order valence-electron chi connectivity index (χ3n) is 6.46. The summed E-state index contributed by atoms with van der Waals surface area (Å²) < 4.78 is 11.9. The minimum Gasteiger partial charge on any atom is -0.372 e. The fourth-order valence-corrected chi connectivity index (χ4v) is 5.77. The van der Waals surface area contributed by atoms with Crippen molar-refractivity contribution in [2.75, 3.05) is 24.7 Å².